The first-order valence-electron chi connectivity index (χ1n) is 7.15. The number of hydrogen-bond donors (Lipinski definition) is 1. The van der Waals surface area contributed by atoms with E-state index in [4.69, 9.17) is 11.6 Å². The van der Waals surface area contributed by atoms with E-state index < -0.39 is 11.7 Å². The first-order valence-corrected chi connectivity index (χ1v) is 7.52. The van der Waals surface area contributed by atoms with Gasteiger partial charge >= 0.3 is 6.18 Å². The third-order valence-corrected chi connectivity index (χ3v) is 3.56. The van der Waals surface area contributed by atoms with Gasteiger partial charge in [-0.1, -0.05) is 29.8 Å². The predicted molar refractivity (Wildman–Crippen MR) is 87.9 cm³/mol. The fraction of sp³-hybridized carbons (Fsp3) is 0.235. The maximum absolute atomic E-state index is 13.0. The lowest BCUT2D eigenvalue weighted by Gasteiger charge is -2.19. The van der Waals surface area contributed by atoms with Crippen LogP contribution in [-0.2, 0) is 17.5 Å². The van der Waals surface area contributed by atoms with Gasteiger partial charge in [-0.2, -0.15) is 13.2 Å². The highest BCUT2D eigenvalue weighted by atomic mass is 35.5. The maximum atomic E-state index is 13.0. The molecule has 1 amide bonds. The van der Waals surface area contributed by atoms with E-state index >= 15 is 0 Å². The molecule has 3 nitrogen and oxygen atoms in total. The number of rotatable bonds is 5. The first kappa shape index (κ1) is 18.3. The summed E-state index contributed by atoms with van der Waals surface area (Å²) in [5, 5.41) is 3.22. The first-order chi connectivity index (χ1) is 11.3. The van der Waals surface area contributed by atoms with Crippen LogP contribution in [0, 0.1) is 0 Å². The van der Waals surface area contributed by atoms with Gasteiger partial charge in [-0.05, 0) is 42.9 Å². The zero-order valence-electron chi connectivity index (χ0n) is 12.9. The zero-order chi connectivity index (χ0) is 17.7. The van der Waals surface area contributed by atoms with Crippen LogP contribution in [0.3, 0.4) is 0 Å². The average Bonchev–Trinajstić information content (AvgIpc) is 2.49. The lowest BCUT2D eigenvalue weighted by Crippen LogP contribution is -2.30. The molecular weight excluding hydrogens is 341 g/mol. The Hall–Kier alpha value is -2.05. The van der Waals surface area contributed by atoms with E-state index in [1.807, 2.05) is 0 Å². The van der Waals surface area contributed by atoms with Crippen molar-refractivity contribution in [3.63, 3.8) is 0 Å². The van der Waals surface area contributed by atoms with Crippen molar-refractivity contribution in [1.29, 1.82) is 0 Å². The lowest BCUT2D eigenvalue weighted by molar-refractivity contribution is -0.138. The maximum Gasteiger partial charge on any atom is 0.416 e. The van der Waals surface area contributed by atoms with Crippen LogP contribution in [0.25, 0.3) is 0 Å². The normalized spacial score (nSPS) is 11.6. The van der Waals surface area contributed by atoms with Crippen LogP contribution in [-0.4, -0.2) is 24.4 Å². The third-order valence-electron chi connectivity index (χ3n) is 3.30. The number of nitrogens with zero attached hydrogens (tertiary/aromatic N) is 1. The van der Waals surface area contributed by atoms with E-state index in [2.05, 4.69) is 5.32 Å². The Morgan fingerprint density at radius 1 is 1.12 bits per heavy atom. The molecule has 1 N–H and O–H groups in total. The van der Waals surface area contributed by atoms with E-state index in [-0.39, 0.29) is 24.6 Å². The summed E-state index contributed by atoms with van der Waals surface area (Å²) < 4.78 is 38.9. The standard InChI is InChI=1S/C17H16ClF3N2O/c1-23(10-12-4-2-3-5-15(12)17(19,20)21)11-16(24)22-14-8-6-13(18)7-9-14/h2-9H,10-11H2,1H3,(H,22,24). The van der Waals surface area contributed by atoms with Crippen LogP contribution in [0.2, 0.25) is 5.02 Å². The molecule has 0 spiro atoms. The van der Waals surface area contributed by atoms with Gasteiger partial charge in [0.25, 0.3) is 0 Å². The minimum atomic E-state index is -4.41. The van der Waals surface area contributed by atoms with Gasteiger partial charge in [-0.25, -0.2) is 0 Å². The minimum Gasteiger partial charge on any atom is -0.325 e. The van der Waals surface area contributed by atoms with Crippen molar-refractivity contribution in [3.05, 3.63) is 64.7 Å². The summed E-state index contributed by atoms with van der Waals surface area (Å²) in [5.74, 6) is -0.315. The molecule has 2 aromatic carbocycles. The van der Waals surface area contributed by atoms with Crippen LogP contribution in [0.15, 0.2) is 48.5 Å². The number of amides is 1. The van der Waals surface area contributed by atoms with Gasteiger partial charge in [0.2, 0.25) is 5.91 Å². The monoisotopic (exact) mass is 356 g/mol. The Bertz CT molecular complexity index is 702. The van der Waals surface area contributed by atoms with E-state index in [1.54, 1.807) is 37.4 Å². The Balaban J connectivity index is 1.97. The number of nitrogens with one attached hydrogen (secondary N) is 1. The van der Waals surface area contributed by atoms with Crippen molar-refractivity contribution in [1.82, 2.24) is 4.90 Å². The molecule has 7 heteroatoms. The van der Waals surface area contributed by atoms with E-state index in [0.717, 1.165) is 6.07 Å². The molecule has 0 saturated heterocycles. The number of likely N-dealkylation sites (N-methyl/N-ethyl adjacent to an activating group) is 1. The fourth-order valence-corrected chi connectivity index (χ4v) is 2.39. The molecule has 0 atom stereocenters. The Labute approximate surface area is 143 Å². The van der Waals surface area contributed by atoms with Crippen molar-refractivity contribution in [2.24, 2.45) is 0 Å². The molecule has 0 aromatic heterocycles. The Kier molecular flexibility index (Phi) is 5.85. The molecule has 2 rings (SSSR count). The fourth-order valence-electron chi connectivity index (χ4n) is 2.26. The molecular formula is C17H16ClF3N2O. The molecule has 0 heterocycles. The zero-order valence-corrected chi connectivity index (χ0v) is 13.7. The summed E-state index contributed by atoms with van der Waals surface area (Å²) in [4.78, 5) is 13.5. The van der Waals surface area contributed by atoms with Crippen LogP contribution in [0.1, 0.15) is 11.1 Å². The molecule has 0 aliphatic heterocycles. The minimum absolute atomic E-state index is 0.0176. The highest BCUT2D eigenvalue weighted by molar-refractivity contribution is 6.30. The topological polar surface area (TPSA) is 32.3 Å². The Morgan fingerprint density at radius 2 is 1.75 bits per heavy atom. The summed E-state index contributed by atoms with van der Waals surface area (Å²) in [7, 11) is 1.59. The van der Waals surface area contributed by atoms with Crippen LogP contribution in [0.5, 0.6) is 0 Å². The molecule has 0 fully saturated rings. The molecule has 128 valence electrons. The van der Waals surface area contributed by atoms with Crippen LogP contribution < -0.4 is 5.32 Å². The molecule has 0 radical (unpaired) electrons. The summed E-state index contributed by atoms with van der Waals surface area (Å²) in [5.41, 5.74) is 0.0234. The number of carbonyl (C=O) groups is 1. The molecule has 0 bridgehead atoms. The predicted octanol–water partition coefficient (Wildman–Crippen LogP) is 4.43. The van der Waals surface area contributed by atoms with E-state index in [9.17, 15) is 18.0 Å². The summed E-state index contributed by atoms with van der Waals surface area (Å²) in [6, 6.07) is 11.9. The second-order valence-corrected chi connectivity index (χ2v) is 5.82. The molecule has 0 aliphatic rings. The lowest BCUT2D eigenvalue weighted by atomic mass is 10.1. The number of halogens is 4. The van der Waals surface area contributed by atoms with Gasteiger partial charge in [0.05, 0.1) is 12.1 Å². The van der Waals surface area contributed by atoms with Gasteiger partial charge in [0, 0.05) is 17.3 Å². The largest absolute Gasteiger partial charge is 0.416 e. The van der Waals surface area contributed by atoms with Gasteiger partial charge in [0.15, 0.2) is 0 Å². The summed E-state index contributed by atoms with van der Waals surface area (Å²) >= 11 is 5.76. The van der Waals surface area contributed by atoms with E-state index in [0.29, 0.717) is 10.7 Å². The van der Waals surface area contributed by atoms with Crippen molar-refractivity contribution in [2.45, 2.75) is 12.7 Å². The molecule has 0 unspecified atom stereocenters. The van der Waals surface area contributed by atoms with Crippen LogP contribution in [0.4, 0.5) is 18.9 Å². The highest BCUT2D eigenvalue weighted by Crippen LogP contribution is 2.32. The smallest absolute Gasteiger partial charge is 0.325 e. The van der Waals surface area contributed by atoms with E-state index in [1.165, 1.54) is 17.0 Å². The molecule has 2 aromatic rings. The van der Waals surface area contributed by atoms with Crippen molar-refractivity contribution < 1.29 is 18.0 Å². The van der Waals surface area contributed by atoms with Gasteiger partial charge < -0.3 is 5.32 Å². The number of alkyl halides is 3. The second-order valence-electron chi connectivity index (χ2n) is 5.38. The molecule has 0 aliphatic carbocycles. The van der Waals surface area contributed by atoms with Crippen LogP contribution >= 0.6 is 11.6 Å². The summed E-state index contributed by atoms with van der Waals surface area (Å²) in [6.45, 7) is -0.0153. The third kappa shape index (κ3) is 5.25. The van der Waals surface area contributed by atoms with Gasteiger partial charge in [-0.3, -0.25) is 9.69 Å². The average molecular weight is 357 g/mol. The SMILES string of the molecule is CN(CC(=O)Nc1ccc(Cl)cc1)Cc1ccccc1C(F)(F)F. The number of carbonyl (C=O) groups excluding carboxylic acids is 1. The quantitative estimate of drug-likeness (QED) is 0.859. The summed E-state index contributed by atoms with van der Waals surface area (Å²) in [6.07, 6.45) is -4.41. The molecule has 0 saturated carbocycles. The number of anilines is 1. The van der Waals surface area contributed by atoms with Gasteiger partial charge in [0.1, 0.15) is 0 Å². The van der Waals surface area contributed by atoms with Gasteiger partial charge in [-0.15, -0.1) is 0 Å². The highest BCUT2D eigenvalue weighted by Gasteiger charge is 2.33. The van der Waals surface area contributed by atoms with Crippen molar-refractivity contribution in [2.75, 3.05) is 18.9 Å². The van der Waals surface area contributed by atoms with Crippen molar-refractivity contribution >= 4 is 23.2 Å². The number of benzene rings is 2. The van der Waals surface area contributed by atoms with Crippen molar-refractivity contribution in [3.8, 4) is 0 Å². The number of hydrogen-bond acceptors (Lipinski definition) is 2. The second kappa shape index (κ2) is 7.68. The Morgan fingerprint density at radius 3 is 2.38 bits per heavy atom. The molecule has 24 heavy (non-hydrogen) atoms.